The van der Waals surface area contributed by atoms with Gasteiger partial charge >= 0.3 is 13.1 Å². The monoisotopic (exact) mass is 537 g/mol. The fourth-order valence-electron chi connectivity index (χ4n) is 6.58. The Morgan fingerprint density at radius 3 is 2.49 bits per heavy atom. The molecule has 1 aromatic carbocycles. The van der Waals surface area contributed by atoms with E-state index in [1.165, 1.54) is 16.0 Å². The summed E-state index contributed by atoms with van der Waals surface area (Å²) in [6.07, 6.45) is 7.61. The zero-order valence-electron chi connectivity index (χ0n) is 23.0. The molecule has 1 aliphatic carbocycles. The Labute approximate surface area is 230 Å². The molecule has 39 heavy (non-hydrogen) atoms. The average Bonchev–Trinajstić information content (AvgIpc) is 3.15. The van der Waals surface area contributed by atoms with Crippen molar-refractivity contribution in [3.63, 3.8) is 0 Å². The van der Waals surface area contributed by atoms with Crippen LogP contribution < -0.4 is 0 Å². The van der Waals surface area contributed by atoms with Crippen molar-refractivity contribution in [2.45, 2.75) is 84.1 Å². The van der Waals surface area contributed by atoms with Crippen LogP contribution in [0, 0.1) is 17.8 Å². The van der Waals surface area contributed by atoms with E-state index in [2.05, 4.69) is 19.9 Å². The van der Waals surface area contributed by atoms with Crippen LogP contribution >= 0.6 is 0 Å². The quantitative estimate of drug-likeness (QED) is 0.151. The molecule has 0 bridgehead atoms. The van der Waals surface area contributed by atoms with Crippen LogP contribution in [0.4, 0.5) is 0 Å². The summed E-state index contributed by atoms with van der Waals surface area (Å²) in [5, 5.41) is 29.1. The summed E-state index contributed by atoms with van der Waals surface area (Å²) in [7, 11) is -0.986. The van der Waals surface area contributed by atoms with Crippen LogP contribution in [0.25, 0.3) is 6.08 Å². The molecule has 2 aliphatic heterocycles. The zero-order valence-corrected chi connectivity index (χ0v) is 23.0. The molecule has 9 heteroatoms. The van der Waals surface area contributed by atoms with Crippen LogP contribution in [0.3, 0.4) is 0 Å². The van der Waals surface area contributed by atoms with Gasteiger partial charge in [0, 0.05) is 13.0 Å². The molecule has 0 aromatic heterocycles. The molecule has 3 N–H and O–H groups in total. The highest BCUT2D eigenvalue weighted by Crippen LogP contribution is 2.51. The number of carbonyl (C=O) groups excluding carboxylic acids is 2. The molecule has 1 aromatic rings. The third-order valence-electron chi connectivity index (χ3n) is 8.54. The maximum Gasteiger partial charge on any atom is 0.455 e. The number of fused-ring (bicyclic) bond motifs is 3. The van der Waals surface area contributed by atoms with Gasteiger partial charge in [0.2, 0.25) is 11.8 Å². The van der Waals surface area contributed by atoms with Crippen LogP contribution in [0.15, 0.2) is 41.0 Å². The molecule has 0 saturated carbocycles. The molecule has 2 heterocycles. The topological polar surface area (TPSA) is 124 Å². The standard InChI is InChI=1S/C30H40BNO7/c1-3-19(16-20-9-12-22(33)13-10-20)11-14-25-27-21(4-2)17-23-28(24(27)18-31(38)39-25)30(37)32(29(23)36)15-7-5-6-8-26(34)35/h9-10,12-13,16,23-25,28,33,38H,3-8,11,14-15,17-18H2,1-2H3,(H,34,35)/b19-16+/t23-,24+,25-,28-/m1/s1. The maximum absolute atomic E-state index is 13.6. The van der Waals surface area contributed by atoms with Gasteiger partial charge in [0.15, 0.2) is 0 Å². The molecule has 4 atom stereocenters. The Hall–Kier alpha value is -2.91. The predicted octanol–water partition coefficient (Wildman–Crippen LogP) is 4.82. The van der Waals surface area contributed by atoms with Crippen molar-refractivity contribution in [1.29, 1.82) is 0 Å². The number of phenols is 1. The van der Waals surface area contributed by atoms with E-state index in [4.69, 9.17) is 9.76 Å². The van der Waals surface area contributed by atoms with Gasteiger partial charge in [0.25, 0.3) is 0 Å². The number of imide groups is 1. The van der Waals surface area contributed by atoms with E-state index in [9.17, 15) is 24.5 Å². The van der Waals surface area contributed by atoms with Crippen molar-refractivity contribution in [3.05, 3.63) is 46.5 Å². The number of phenolic OH excluding ortho intramolecular Hbond substituents is 1. The third-order valence-corrected chi connectivity index (χ3v) is 8.54. The Morgan fingerprint density at radius 2 is 1.82 bits per heavy atom. The molecule has 2 fully saturated rings. The summed E-state index contributed by atoms with van der Waals surface area (Å²) < 4.78 is 6.08. The lowest BCUT2D eigenvalue weighted by Gasteiger charge is -2.43. The summed E-state index contributed by atoms with van der Waals surface area (Å²) in [5.41, 5.74) is 4.52. The number of hydrogen-bond donors (Lipinski definition) is 3. The first-order valence-electron chi connectivity index (χ1n) is 14.3. The van der Waals surface area contributed by atoms with E-state index in [0.717, 1.165) is 30.4 Å². The second-order valence-corrected chi connectivity index (χ2v) is 11.0. The number of likely N-dealkylation sites (tertiary alicyclic amines) is 1. The Bertz CT molecular complexity index is 1130. The van der Waals surface area contributed by atoms with Gasteiger partial charge in [-0.05, 0) is 80.5 Å². The first-order chi connectivity index (χ1) is 18.7. The highest BCUT2D eigenvalue weighted by molar-refractivity contribution is 6.43. The number of amides is 2. The summed E-state index contributed by atoms with van der Waals surface area (Å²) in [6.45, 7) is 4.50. The van der Waals surface area contributed by atoms with Crippen LogP contribution in [0.5, 0.6) is 5.75 Å². The summed E-state index contributed by atoms with van der Waals surface area (Å²) in [5.74, 6) is -1.98. The molecule has 2 amide bonds. The smallest absolute Gasteiger partial charge is 0.455 e. The number of carboxylic acids is 1. The molecule has 210 valence electrons. The Kier molecular flexibility index (Phi) is 9.67. The van der Waals surface area contributed by atoms with Crippen LogP contribution in [-0.2, 0) is 19.0 Å². The minimum atomic E-state index is -0.986. The number of rotatable bonds is 12. The van der Waals surface area contributed by atoms with Gasteiger partial charge in [-0.15, -0.1) is 0 Å². The second-order valence-electron chi connectivity index (χ2n) is 11.0. The number of hydrogen-bond acceptors (Lipinski definition) is 6. The molecule has 3 aliphatic rings. The molecule has 0 spiro atoms. The Morgan fingerprint density at radius 1 is 1.08 bits per heavy atom. The van der Waals surface area contributed by atoms with Crippen LogP contribution in [0.2, 0.25) is 6.32 Å². The lowest BCUT2D eigenvalue weighted by atomic mass is 9.58. The number of aromatic hydroxyl groups is 1. The van der Waals surface area contributed by atoms with E-state index in [1.807, 2.05) is 12.1 Å². The van der Waals surface area contributed by atoms with Gasteiger partial charge in [0.1, 0.15) is 5.75 Å². The summed E-state index contributed by atoms with van der Waals surface area (Å²) >= 11 is 0. The number of carbonyl (C=O) groups is 3. The molecule has 4 rings (SSSR count). The second kappa shape index (κ2) is 13.0. The molecular weight excluding hydrogens is 497 g/mol. The molecular formula is C30H40BNO7. The number of allylic oxidation sites excluding steroid dienone is 2. The van der Waals surface area contributed by atoms with Crippen molar-refractivity contribution >= 4 is 31.0 Å². The van der Waals surface area contributed by atoms with E-state index in [0.29, 0.717) is 45.0 Å². The largest absolute Gasteiger partial charge is 0.508 e. The maximum atomic E-state index is 13.6. The lowest BCUT2D eigenvalue weighted by Crippen LogP contribution is -2.46. The number of carboxylic acid groups (broad SMARTS) is 1. The van der Waals surface area contributed by atoms with Crippen LogP contribution in [-0.4, -0.2) is 57.7 Å². The highest BCUT2D eigenvalue weighted by Gasteiger charge is 2.56. The fraction of sp³-hybridized carbons (Fsp3) is 0.567. The van der Waals surface area contributed by atoms with Gasteiger partial charge in [-0.3, -0.25) is 19.3 Å². The highest BCUT2D eigenvalue weighted by atomic mass is 16.5. The fourth-order valence-corrected chi connectivity index (χ4v) is 6.58. The van der Waals surface area contributed by atoms with Crippen molar-refractivity contribution in [3.8, 4) is 5.75 Å². The van der Waals surface area contributed by atoms with Crippen molar-refractivity contribution < 1.29 is 34.3 Å². The first-order valence-corrected chi connectivity index (χ1v) is 14.3. The summed E-state index contributed by atoms with van der Waals surface area (Å²) in [6, 6.07) is 7.09. The summed E-state index contributed by atoms with van der Waals surface area (Å²) in [4.78, 5) is 39.1. The first kappa shape index (κ1) is 29.1. The molecule has 2 saturated heterocycles. The third kappa shape index (κ3) is 6.64. The molecule has 0 unspecified atom stereocenters. The Balaban J connectivity index is 1.49. The van der Waals surface area contributed by atoms with E-state index in [1.54, 1.807) is 12.1 Å². The average molecular weight is 537 g/mol. The molecule has 0 radical (unpaired) electrons. The van der Waals surface area contributed by atoms with Gasteiger partial charge in [-0.25, -0.2) is 0 Å². The minimum absolute atomic E-state index is 0.0888. The predicted molar refractivity (Wildman–Crippen MR) is 148 cm³/mol. The van der Waals surface area contributed by atoms with Gasteiger partial charge < -0.3 is 19.9 Å². The van der Waals surface area contributed by atoms with Gasteiger partial charge in [-0.1, -0.05) is 49.6 Å². The minimum Gasteiger partial charge on any atom is -0.508 e. The van der Waals surface area contributed by atoms with E-state index in [-0.39, 0.29) is 36.0 Å². The van der Waals surface area contributed by atoms with Crippen molar-refractivity contribution in [1.82, 2.24) is 4.90 Å². The molecule has 8 nitrogen and oxygen atoms in total. The van der Waals surface area contributed by atoms with Crippen molar-refractivity contribution in [2.75, 3.05) is 6.54 Å². The zero-order chi connectivity index (χ0) is 28.1. The number of nitrogens with zero attached hydrogens (tertiary/aromatic N) is 1. The SMILES string of the molecule is CCC1=C2[C@@H](CC/C(=C/c3ccc(O)cc3)CC)OB(O)C[C@@H]2[C@@H]2C(=O)N(CCCCCC(=O)O)C(=O)[C@@H]2C1. The number of benzene rings is 1. The van der Waals surface area contributed by atoms with E-state index < -0.39 is 24.9 Å². The van der Waals surface area contributed by atoms with Crippen molar-refractivity contribution in [2.24, 2.45) is 17.8 Å². The lowest BCUT2D eigenvalue weighted by molar-refractivity contribution is -0.141. The van der Waals surface area contributed by atoms with Crippen LogP contribution in [0.1, 0.15) is 77.2 Å². The van der Waals surface area contributed by atoms with Gasteiger partial charge in [0.05, 0.1) is 17.9 Å². The number of aliphatic carboxylic acids is 1. The van der Waals surface area contributed by atoms with Gasteiger partial charge in [-0.2, -0.15) is 0 Å². The van der Waals surface area contributed by atoms with E-state index >= 15 is 0 Å². The normalized spacial score (nSPS) is 25.3. The number of unbranched alkanes of at least 4 members (excludes halogenated alkanes) is 2.